The number of halogens is 3. The van der Waals surface area contributed by atoms with Crippen molar-refractivity contribution in [2.24, 2.45) is 5.73 Å². The second-order valence-corrected chi connectivity index (χ2v) is 7.43. The molecular formula is C25H22F3N3O3. The quantitative estimate of drug-likeness (QED) is 0.149. The third-order valence-electron chi connectivity index (χ3n) is 4.97. The highest BCUT2D eigenvalue weighted by molar-refractivity contribution is 5.95. The van der Waals surface area contributed by atoms with Crippen molar-refractivity contribution >= 4 is 17.7 Å². The maximum Gasteiger partial charge on any atom is 0.491 e. The molecule has 0 bridgehead atoms. The van der Waals surface area contributed by atoms with E-state index in [4.69, 9.17) is 11.1 Å². The van der Waals surface area contributed by atoms with Crippen LogP contribution in [0.2, 0.25) is 0 Å². The van der Waals surface area contributed by atoms with E-state index in [0.717, 1.165) is 11.1 Å². The molecule has 0 aliphatic carbocycles. The van der Waals surface area contributed by atoms with Gasteiger partial charge in [0.1, 0.15) is 11.6 Å². The number of nitrogens with two attached hydrogens (primary N) is 1. The summed E-state index contributed by atoms with van der Waals surface area (Å²) < 4.78 is 42.2. The van der Waals surface area contributed by atoms with Crippen LogP contribution in [-0.2, 0) is 11.2 Å². The highest BCUT2D eigenvalue weighted by Gasteiger charge is 2.41. The van der Waals surface area contributed by atoms with E-state index in [1.54, 1.807) is 12.1 Å². The lowest BCUT2D eigenvalue weighted by Crippen LogP contribution is -2.28. The first-order valence-electron chi connectivity index (χ1n) is 10.3. The fourth-order valence-electron chi connectivity index (χ4n) is 3.23. The topological polar surface area (TPSA) is 105 Å². The highest BCUT2D eigenvalue weighted by atomic mass is 19.4. The van der Waals surface area contributed by atoms with Gasteiger partial charge in [0.2, 0.25) is 0 Å². The van der Waals surface area contributed by atoms with Gasteiger partial charge in [-0.3, -0.25) is 10.2 Å². The minimum absolute atomic E-state index is 0.189. The third kappa shape index (κ3) is 6.44. The molecule has 0 spiro atoms. The molecule has 0 atom stereocenters. The van der Waals surface area contributed by atoms with Crippen LogP contribution < -0.4 is 15.8 Å². The van der Waals surface area contributed by atoms with Crippen LogP contribution in [-0.4, -0.2) is 30.4 Å². The largest absolute Gasteiger partial charge is 0.491 e. The average Bonchev–Trinajstić information content (AvgIpc) is 2.82. The number of benzene rings is 3. The molecule has 0 fully saturated rings. The zero-order valence-corrected chi connectivity index (χ0v) is 18.0. The van der Waals surface area contributed by atoms with E-state index >= 15 is 0 Å². The molecule has 0 radical (unpaired) electrons. The van der Waals surface area contributed by atoms with Crippen LogP contribution in [0.1, 0.15) is 27.9 Å². The first-order chi connectivity index (χ1) is 16.1. The van der Waals surface area contributed by atoms with Crippen LogP contribution >= 0.6 is 0 Å². The van der Waals surface area contributed by atoms with Gasteiger partial charge in [-0.1, -0.05) is 42.5 Å². The Labute approximate surface area is 194 Å². The fraction of sp³-hybridized carbons (Fsp3) is 0.160. The van der Waals surface area contributed by atoms with Crippen LogP contribution in [0.15, 0.2) is 72.8 Å². The number of rotatable bonds is 8. The Balaban J connectivity index is 1.60. The summed E-state index contributed by atoms with van der Waals surface area (Å²) >= 11 is 0. The van der Waals surface area contributed by atoms with Crippen molar-refractivity contribution in [1.82, 2.24) is 5.32 Å². The van der Waals surface area contributed by atoms with Crippen LogP contribution in [0.5, 0.6) is 5.75 Å². The SMILES string of the molecule is N=C(N)c1ccc(OC(=O)C(F)(F)F)c(CCCNC(=O)c2ccc(-c3ccccc3)cc2)c1. The van der Waals surface area contributed by atoms with E-state index in [2.05, 4.69) is 10.1 Å². The van der Waals surface area contributed by atoms with E-state index < -0.39 is 12.1 Å². The molecular weight excluding hydrogens is 447 g/mol. The molecule has 4 N–H and O–H groups in total. The van der Waals surface area contributed by atoms with Gasteiger partial charge in [-0.05, 0) is 59.9 Å². The number of hydrogen-bond acceptors (Lipinski definition) is 4. The van der Waals surface area contributed by atoms with Gasteiger partial charge < -0.3 is 15.8 Å². The number of esters is 1. The van der Waals surface area contributed by atoms with Crippen molar-refractivity contribution in [3.63, 3.8) is 0 Å². The second kappa shape index (κ2) is 10.7. The molecule has 34 heavy (non-hydrogen) atoms. The smallest absolute Gasteiger partial charge is 0.420 e. The Bertz CT molecular complexity index is 1180. The van der Waals surface area contributed by atoms with Crippen molar-refractivity contribution in [2.45, 2.75) is 19.0 Å². The number of ether oxygens (including phenoxy) is 1. The summed E-state index contributed by atoms with van der Waals surface area (Å²) in [6, 6.07) is 20.7. The molecule has 0 aromatic heterocycles. The van der Waals surface area contributed by atoms with Gasteiger partial charge >= 0.3 is 12.1 Å². The van der Waals surface area contributed by atoms with Gasteiger partial charge in [-0.15, -0.1) is 0 Å². The monoisotopic (exact) mass is 469 g/mol. The minimum atomic E-state index is -5.14. The van der Waals surface area contributed by atoms with Gasteiger partial charge in [0, 0.05) is 17.7 Å². The Kier molecular flexibility index (Phi) is 7.68. The summed E-state index contributed by atoms with van der Waals surface area (Å²) in [5.74, 6) is -3.17. The number of carbonyl (C=O) groups is 2. The van der Waals surface area contributed by atoms with Crippen molar-refractivity contribution in [3.8, 4) is 16.9 Å². The lowest BCUT2D eigenvalue weighted by atomic mass is 10.0. The fourth-order valence-corrected chi connectivity index (χ4v) is 3.23. The maximum absolute atomic E-state index is 12.6. The van der Waals surface area contributed by atoms with Crippen molar-refractivity contribution in [3.05, 3.63) is 89.5 Å². The summed E-state index contributed by atoms with van der Waals surface area (Å²) in [6.07, 6.45) is -4.60. The van der Waals surface area contributed by atoms with E-state index in [0.29, 0.717) is 12.0 Å². The van der Waals surface area contributed by atoms with Crippen LogP contribution in [0.4, 0.5) is 13.2 Å². The molecule has 9 heteroatoms. The minimum Gasteiger partial charge on any atom is -0.420 e. The summed E-state index contributed by atoms with van der Waals surface area (Å²) in [4.78, 5) is 23.6. The number of nitrogen functional groups attached to an aromatic ring is 1. The normalized spacial score (nSPS) is 11.0. The number of aryl methyl sites for hydroxylation is 1. The van der Waals surface area contributed by atoms with Crippen LogP contribution in [0, 0.1) is 5.41 Å². The molecule has 0 heterocycles. The Morgan fingerprint density at radius 3 is 2.15 bits per heavy atom. The molecule has 3 aromatic carbocycles. The van der Waals surface area contributed by atoms with E-state index in [1.807, 2.05) is 42.5 Å². The molecule has 0 saturated carbocycles. The van der Waals surface area contributed by atoms with Gasteiger partial charge in [-0.2, -0.15) is 13.2 Å². The summed E-state index contributed by atoms with van der Waals surface area (Å²) in [6.45, 7) is 0.232. The predicted octanol–water partition coefficient (Wildman–Crippen LogP) is 4.47. The molecule has 3 aromatic rings. The lowest BCUT2D eigenvalue weighted by molar-refractivity contribution is -0.189. The average molecular weight is 469 g/mol. The Morgan fingerprint density at radius 1 is 0.912 bits per heavy atom. The molecule has 6 nitrogen and oxygen atoms in total. The molecule has 0 unspecified atom stereocenters. The number of hydrogen-bond donors (Lipinski definition) is 3. The van der Waals surface area contributed by atoms with E-state index in [-0.39, 0.29) is 41.6 Å². The number of nitrogens with one attached hydrogen (secondary N) is 2. The van der Waals surface area contributed by atoms with Crippen molar-refractivity contribution in [2.75, 3.05) is 6.54 Å². The van der Waals surface area contributed by atoms with Crippen molar-refractivity contribution < 1.29 is 27.5 Å². The maximum atomic E-state index is 12.6. The van der Waals surface area contributed by atoms with E-state index in [1.165, 1.54) is 18.2 Å². The van der Waals surface area contributed by atoms with Crippen LogP contribution in [0.25, 0.3) is 11.1 Å². The summed E-state index contributed by atoms with van der Waals surface area (Å²) in [5.41, 5.74) is 8.48. The van der Waals surface area contributed by atoms with Gasteiger partial charge in [0.05, 0.1) is 0 Å². The first kappa shape index (κ1) is 24.5. The van der Waals surface area contributed by atoms with Gasteiger partial charge in [0.25, 0.3) is 5.91 Å². The summed E-state index contributed by atoms with van der Waals surface area (Å²) in [7, 11) is 0. The molecule has 1 amide bonds. The second-order valence-electron chi connectivity index (χ2n) is 7.43. The molecule has 176 valence electrons. The zero-order chi connectivity index (χ0) is 24.7. The third-order valence-corrected chi connectivity index (χ3v) is 4.97. The van der Waals surface area contributed by atoms with Crippen molar-refractivity contribution in [1.29, 1.82) is 5.41 Å². The number of amides is 1. The molecule has 3 rings (SSSR count). The van der Waals surface area contributed by atoms with Gasteiger partial charge in [-0.25, -0.2) is 4.79 Å². The first-order valence-corrected chi connectivity index (χ1v) is 10.3. The number of carbonyl (C=O) groups excluding carboxylic acids is 2. The zero-order valence-electron chi connectivity index (χ0n) is 18.0. The Morgan fingerprint density at radius 2 is 1.53 bits per heavy atom. The molecule has 0 saturated heterocycles. The predicted molar refractivity (Wildman–Crippen MR) is 122 cm³/mol. The molecule has 0 aliphatic rings. The van der Waals surface area contributed by atoms with Crippen LogP contribution in [0.3, 0.4) is 0 Å². The highest BCUT2D eigenvalue weighted by Crippen LogP contribution is 2.25. The molecule has 0 aliphatic heterocycles. The summed E-state index contributed by atoms with van der Waals surface area (Å²) in [5, 5.41) is 10.3. The Hall–Kier alpha value is -4.14. The van der Waals surface area contributed by atoms with Gasteiger partial charge in [0.15, 0.2) is 0 Å². The lowest BCUT2D eigenvalue weighted by Gasteiger charge is -2.13. The van der Waals surface area contributed by atoms with E-state index in [9.17, 15) is 22.8 Å². The number of amidine groups is 1. The standard InChI is InChI=1S/C25H22F3N3O3/c26-25(27,28)24(33)34-21-13-12-20(22(29)30)15-19(21)7-4-14-31-23(32)18-10-8-17(9-11-18)16-5-2-1-3-6-16/h1-3,5-6,8-13,15H,4,7,14H2,(H3,29,30)(H,31,32). The number of alkyl halides is 3.